The van der Waals surface area contributed by atoms with Crippen molar-refractivity contribution >= 4 is 33.4 Å². The van der Waals surface area contributed by atoms with Crippen molar-refractivity contribution in [2.75, 3.05) is 0 Å². The average molecular weight is 371 g/mol. The third kappa shape index (κ3) is 2.77. The summed E-state index contributed by atoms with van der Waals surface area (Å²) in [7, 11) is -3.64. The number of halogens is 2. The van der Waals surface area contributed by atoms with Crippen LogP contribution in [0.5, 0.6) is 0 Å². The van der Waals surface area contributed by atoms with E-state index in [9.17, 15) is 8.42 Å². The van der Waals surface area contributed by atoms with Gasteiger partial charge in [-0.05, 0) is 49.2 Å². The summed E-state index contributed by atoms with van der Waals surface area (Å²) in [5, 5.41) is 1.19. The molecule has 1 saturated heterocycles. The highest BCUT2D eigenvalue weighted by atomic mass is 35.5. The van der Waals surface area contributed by atoms with Crippen LogP contribution < -0.4 is 9.44 Å². The van der Waals surface area contributed by atoms with Gasteiger partial charge in [-0.2, -0.15) is 17.9 Å². The summed E-state index contributed by atoms with van der Waals surface area (Å²) in [5.74, 6) is 0. The zero-order chi connectivity index (χ0) is 16.9. The van der Waals surface area contributed by atoms with Gasteiger partial charge in [-0.1, -0.05) is 47.5 Å². The molecule has 2 unspecified atom stereocenters. The zero-order valence-electron chi connectivity index (χ0n) is 12.6. The second-order valence-electron chi connectivity index (χ2n) is 5.97. The monoisotopic (exact) mass is 370 g/mol. The van der Waals surface area contributed by atoms with Crippen molar-refractivity contribution in [3.8, 4) is 0 Å². The van der Waals surface area contributed by atoms with Crippen LogP contribution in [0.25, 0.3) is 0 Å². The fraction of sp³-hybridized carbons (Fsp3) is 0.250. The van der Waals surface area contributed by atoms with Gasteiger partial charge in [0.05, 0.1) is 11.1 Å². The summed E-state index contributed by atoms with van der Waals surface area (Å²) in [6.45, 7) is 3.70. The Labute approximate surface area is 146 Å². The Hall–Kier alpha value is -1.11. The predicted molar refractivity (Wildman–Crippen MR) is 92.8 cm³/mol. The van der Waals surface area contributed by atoms with E-state index in [1.165, 1.54) is 0 Å². The third-order valence-corrected chi connectivity index (χ3v) is 6.38. The normalized spacial score (nSPS) is 29.6. The van der Waals surface area contributed by atoms with Crippen LogP contribution in [-0.2, 0) is 21.3 Å². The van der Waals surface area contributed by atoms with Crippen LogP contribution in [0.2, 0.25) is 10.0 Å². The van der Waals surface area contributed by atoms with Crippen LogP contribution in [0.1, 0.15) is 25.0 Å². The minimum atomic E-state index is -3.64. The lowest BCUT2D eigenvalue weighted by molar-refractivity contribution is 0.254. The van der Waals surface area contributed by atoms with Gasteiger partial charge in [-0.3, -0.25) is 0 Å². The molecule has 1 aliphatic rings. The maximum absolute atomic E-state index is 12.3. The lowest BCUT2D eigenvalue weighted by Crippen LogP contribution is -2.51. The van der Waals surface area contributed by atoms with Crippen LogP contribution in [-0.4, -0.2) is 8.42 Å². The van der Waals surface area contributed by atoms with Crippen molar-refractivity contribution in [2.24, 2.45) is 0 Å². The summed E-state index contributed by atoms with van der Waals surface area (Å²) < 4.78 is 30.0. The van der Waals surface area contributed by atoms with E-state index < -0.39 is 21.3 Å². The summed E-state index contributed by atoms with van der Waals surface area (Å²) >= 11 is 11.9. The van der Waals surface area contributed by atoms with Gasteiger partial charge in [0.1, 0.15) is 0 Å². The first-order valence-electron chi connectivity index (χ1n) is 7.01. The Morgan fingerprint density at radius 2 is 1.04 bits per heavy atom. The Morgan fingerprint density at radius 3 is 1.35 bits per heavy atom. The first kappa shape index (κ1) is 16.7. The van der Waals surface area contributed by atoms with Crippen LogP contribution in [0.3, 0.4) is 0 Å². The van der Waals surface area contributed by atoms with Gasteiger partial charge in [-0.25, -0.2) is 0 Å². The molecule has 7 heteroatoms. The molecule has 0 spiro atoms. The largest absolute Gasteiger partial charge is 0.278 e. The van der Waals surface area contributed by atoms with Gasteiger partial charge in [0.15, 0.2) is 0 Å². The van der Waals surface area contributed by atoms with E-state index in [4.69, 9.17) is 23.2 Å². The summed E-state index contributed by atoms with van der Waals surface area (Å²) in [6.07, 6.45) is 0. The molecule has 0 radical (unpaired) electrons. The van der Waals surface area contributed by atoms with Crippen molar-refractivity contribution in [1.82, 2.24) is 9.44 Å². The van der Waals surface area contributed by atoms with Gasteiger partial charge in [-0.15, -0.1) is 0 Å². The smallest absolute Gasteiger partial charge is 0.195 e. The molecule has 0 bridgehead atoms. The molecule has 2 aromatic carbocycles. The molecule has 3 rings (SSSR count). The van der Waals surface area contributed by atoms with Crippen molar-refractivity contribution in [2.45, 2.75) is 24.9 Å². The van der Waals surface area contributed by atoms with Crippen molar-refractivity contribution in [3.63, 3.8) is 0 Å². The summed E-state index contributed by atoms with van der Waals surface area (Å²) in [5.41, 5.74) is -0.144. The second kappa shape index (κ2) is 5.46. The fourth-order valence-electron chi connectivity index (χ4n) is 3.03. The van der Waals surface area contributed by atoms with E-state index in [2.05, 4.69) is 9.44 Å². The molecule has 1 aliphatic heterocycles. The quantitative estimate of drug-likeness (QED) is 0.848. The molecule has 2 N–H and O–H groups in total. The van der Waals surface area contributed by atoms with E-state index in [1.807, 2.05) is 38.1 Å². The van der Waals surface area contributed by atoms with Crippen LogP contribution in [0.4, 0.5) is 0 Å². The molecule has 4 nitrogen and oxygen atoms in total. The minimum Gasteiger partial charge on any atom is -0.195 e. The van der Waals surface area contributed by atoms with E-state index >= 15 is 0 Å². The van der Waals surface area contributed by atoms with Gasteiger partial charge in [0, 0.05) is 10.0 Å². The van der Waals surface area contributed by atoms with Crippen molar-refractivity contribution < 1.29 is 8.42 Å². The lowest BCUT2D eigenvalue weighted by Gasteiger charge is -2.39. The van der Waals surface area contributed by atoms with Crippen molar-refractivity contribution in [1.29, 1.82) is 0 Å². The zero-order valence-corrected chi connectivity index (χ0v) is 14.9. The summed E-state index contributed by atoms with van der Waals surface area (Å²) in [4.78, 5) is 0. The molecular formula is C16H16Cl2N2O2S. The fourth-order valence-corrected chi connectivity index (χ4v) is 5.05. The molecule has 1 fully saturated rings. The SMILES string of the molecule is CC1(c2ccc(Cl)cc2)NS(=O)(=O)NC1(C)c1ccc(Cl)cc1. The highest BCUT2D eigenvalue weighted by Gasteiger charge is 2.56. The number of benzene rings is 2. The average Bonchev–Trinajstić information content (AvgIpc) is 2.66. The number of hydrogen-bond donors (Lipinski definition) is 2. The number of rotatable bonds is 2. The van der Waals surface area contributed by atoms with Gasteiger partial charge in [0.2, 0.25) is 0 Å². The van der Waals surface area contributed by atoms with E-state index in [0.29, 0.717) is 10.0 Å². The molecule has 2 atom stereocenters. The van der Waals surface area contributed by atoms with E-state index in [1.54, 1.807) is 24.3 Å². The lowest BCUT2D eigenvalue weighted by atomic mass is 9.72. The second-order valence-corrected chi connectivity index (χ2v) is 8.26. The highest BCUT2D eigenvalue weighted by Crippen LogP contribution is 2.45. The number of nitrogens with one attached hydrogen (secondary N) is 2. The molecule has 122 valence electrons. The molecule has 23 heavy (non-hydrogen) atoms. The highest BCUT2D eigenvalue weighted by molar-refractivity contribution is 7.87. The topological polar surface area (TPSA) is 58.2 Å². The first-order valence-corrected chi connectivity index (χ1v) is 9.25. The molecule has 0 aromatic heterocycles. The van der Waals surface area contributed by atoms with Crippen LogP contribution in [0.15, 0.2) is 48.5 Å². The molecule has 2 aromatic rings. The summed E-state index contributed by atoms with van der Waals surface area (Å²) in [6, 6.07) is 14.3. The van der Waals surface area contributed by atoms with E-state index in [0.717, 1.165) is 11.1 Å². The van der Waals surface area contributed by atoms with Crippen molar-refractivity contribution in [3.05, 3.63) is 69.7 Å². The standard InChI is InChI=1S/C16H16Cl2N2O2S/c1-15(11-3-7-13(17)8-4-11)16(2,20-23(21,22)19-15)12-5-9-14(18)10-6-12/h3-10,19-20H,1-2H3. The maximum atomic E-state index is 12.3. The molecule has 0 saturated carbocycles. The Balaban J connectivity index is 2.19. The minimum absolute atomic E-state index is 0.597. The first-order chi connectivity index (χ1) is 10.7. The predicted octanol–water partition coefficient (Wildman–Crippen LogP) is 3.56. The van der Waals surface area contributed by atoms with Crippen LogP contribution in [0, 0.1) is 0 Å². The number of hydrogen-bond acceptors (Lipinski definition) is 2. The Bertz CT molecular complexity index is 772. The van der Waals surface area contributed by atoms with Gasteiger partial charge in [0.25, 0.3) is 10.2 Å². The Kier molecular flexibility index (Phi) is 3.98. The van der Waals surface area contributed by atoms with E-state index in [-0.39, 0.29) is 0 Å². The third-order valence-electron chi connectivity index (χ3n) is 4.52. The van der Waals surface area contributed by atoms with Gasteiger partial charge >= 0.3 is 0 Å². The molecular weight excluding hydrogens is 355 g/mol. The Morgan fingerprint density at radius 1 is 0.739 bits per heavy atom. The van der Waals surface area contributed by atoms with Gasteiger partial charge < -0.3 is 0 Å². The molecule has 0 aliphatic carbocycles. The molecule has 0 amide bonds. The van der Waals surface area contributed by atoms with Crippen LogP contribution >= 0.6 is 23.2 Å². The maximum Gasteiger partial charge on any atom is 0.278 e. The molecule has 1 heterocycles.